The number of hydrogen-bond acceptors (Lipinski definition) is 2. The van der Waals surface area contributed by atoms with E-state index in [1.807, 2.05) is 30.3 Å². The number of fused-ring (bicyclic) bond motifs is 1. The van der Waals surface area contributed by atoms with Crippen molar-refractivity contribution in [2.75, 3.05) is 6.54 Å². The summed E-state index contributed by atoms with van der Waals surface area (Å²) in [5.41, 5.74) is 0. The molecule has 0 amide bonds. The van der Waals surface area contributed by atoms with Crippen LogP contribution in [0.25, 0.3) is 6.26 Å². The lowest BCUT2D eigenvalue weighted by molar-refractivity contribution is 0.457. The molecule has 2 heteroatoms. The first-order valence-electron chi connectivity index (χ1n) is 3.87. The van der Waals surface area contributed by atoms with Crippen molar-refractivity contribution in [1.82, 2.24) is 0 Å². The highest BCUT2D eigenvalue weighted by atomic mass is 16.5. The third-order valence-electron chi connectivity index (χ3n) is 1.67. The minimum absolute atomic E-state index is 0.685. The van der Waals surface area contributed by atoms with Gasteiger partial charge in [0.25, 0.3) is 0 Å². The maximum atomic E-state index is 5.14. The zero-order chi connectivity index (χ0) is 8.23. The fourth-order valence-corrected chi connectivity index (χ4v) is 1.09. The standard InChI is InChI=1S/C10H9NO/c1-2-5-10-9(4-1)8-12-7-3-6-11-10/h1-5,7-8H,6H2/b7-3-,9-8-,11-10?. The van der Waals surface area contributed by atoms with Crippen LogP contribution < -0.4 is 10.6 Å². The van der Waals surface area contributed by atoms with Crippen molar-refractivity contribution in [1.29, 1.82) is 0 Å². The van der Waals surface area contributed by atoms with E-state index in [4.69, 9.17) is 4.74 Å². The van der Waals surface area contributed by atoms with E-state index in [2.05, 4.69) is 4.99 Å². The van der Waals surface area contributed by atoms with E-state index in [1.54, 1.807) is 12.5 Å². The van der Waals surface area contributed by atoms with Gasteiger partial charge in [-0.05, 0) is 18.2 Å². The molecule has 1 aliphatic rings. The molecule has 12 heavy (non-hydrogen) atoms. The quantitative estimate of drug-likeness (QED) is 0.543. The molecule has 0 saturated carbocycles. The highest BCUT2D eigenvalue weighted by molar-refractivity contribution is 5.18. The van der Waals surface area contributed by atoms with E-state index in [1.165, 1.54) is 0 Å². The molecule has 1 aliphatic heterocycles. The third-order valence-corrected chi connectivity index (χ3v) is 1.67. The second kappa shape index (κ2) is 3.22. The Morgan fingerprint density at radius 1 is 1.25 bits per heavy atom. The average molecular weight is 159 g/mol. The monoisotopic (exact) mass is 159 g/mol. The SMILES string of the molecule is C1=C\O/C=c2/ccccc2=NC/1. The summed E-state index contributed by atoms with van der Waals surface area (Å²) in [4.78, 5) is 4.35. The lowest BCUT2D eigenvalue weighted by atomic mass is 10.3. The summed E-state index contributed by atoms with van der Waals surface area (Å²) < 4.78 is 5.14. The first-order valence-corrected chi connectivity index (χ1v) is 3.87. The van der Waals surface area contributed by atoms with E-state index >= 15 is 0 Å². The molecule has 0 bridgehead atoms. The van der Waals surface area contributed by atoms with Crippen LogP contribution in [0.15, 0.2) is 41.6 Å². The van der Waals surface area contributed by atoms with Gasteiger partial charge in [0.15, 0.2) is 0 Å². The average Bonchev–Trinajstić information content (AvgIpc) is 2.06. The van der Waals surface area contributed by atoms with Crippen LogP contribution >= 0.6 is 0 Å². The van der Waals surface area contributed by atoms with Crippen LogP contribution in [0.4, 0.5) is 0 Å². The molecule has 1 aromatic rings. The summed E-state index contributed by atoms with van der Waals surface area (Å²) in [6, 6.07) is 7.91. The van der Waals surface area contributed by atoms with E-state index < -0.39 is 0 Å². The minimum atomic E-state index is 0.685. The van der Waals surface area contributed by atoms with Crippen LogP contribution in [-0.4, -0.2) is 6.54 Å². The Labute approximate surface area is 70.5 Å². The van der Waals surface area contributed by atoms with Crippen LogP contribution in [0.3, 0.4) is 0 Å². The number of benzene rings is 1. The van der Waals surface area contributed by atoms with Gasteiger partial charge in [-0.3, -0.25) is 4.99 Å². The van der Waals surface area contributed by atoms with Crippen molar-refractivity contribution in [3.8, 4) is 0 Å². The summed E-state index contributed by atoms with van der Waals surface area (Å²) in [6.45, 7) is 0.685. The minimum Gasteiger partial charge on any atom is -0.472 e. The molecule has 60 valence electrons. The van der Waals surface area contributed by atoms with Gasteiger partial charge in [0.1, 0.15) is 0 Å². The van der Waals surface area contributed by atoms with Crippen molar-refractivity contribution in [2.24, 2.45) is 4.99 Å². The van der Waals surface area contributed by atoms with Crippen molar-refractivity contribution in [3.63, 3.8) is 0 Å². The molecule has 0 N–H and O–H groups in total. The summed E-state index contributed by atoms with van der Waals surface area (Å²) in [5.74, 6) is 0. The zero-order valence-electron chi connectivity index (χ0n) is 6.60. The van der Waals surface area contributed by atoms with Crippen LogP contribution in [0.1, 0.15) is 0 Å². The highest BCUT2D eigenvalue weighted by Gasteiger charge is 1.86. The van der Waals surface area contributed by atoms with Gasteiger partial charge in [-0.1, -0.05) is 12.1 Å². The number of para-hydroxylation sites is 1. The highest BCUT2D eigenvalue weighted by Crippen LogP contribution is 1.83. The van der Waals surface area contributed by atoms with Gasteiger partial charge >= 0.3 is 0 Å². The van der Waals surface area contributed by atoms with Gasteiger partial charge in [-0.2, -0.15) is 0 Å². The van der Waals surface area contributed by atoms with Crippen LogP contribution in [0, 0.1) is 0 Å². The molecule has 2 nitrogen and oxygen atoms in total. The number of ether oxygens (including phenoxy) is 1. The Bertz CT molecular complexity index is 367. The topological polar surface area (TPSA) is 21.6 Å². The molecule has 2 rings (SSSR count). The number of hydrogen-bond donors (Lipinski definition) is 0. The number of rotatable bonds is 0. The fraction of sp³-hybridized carbons (Fsp3) is 0.100. The van der Waals surface area contributed by atoms with Gasteiger partial charge in [0.2, 0.25) is 0 Å². The van der Waals surface area contributed by atoms with E-state index in [9.17, 15) is 0 Å². The molecule has 0 fully saturated rings. The summed E-state index contributed by atoms with van der Waals surface area (Å²) in [6.07, 6.45) is 5.24. The molecule has 0 saturated heterocycles. The van der Waals surface area contributed by atoms with Gasteiger partial charge in [-0.25, -0.2) is 0 Å². The van der Waals surface area contributed by atoms with Crippen LogP contribution in [0.2, 0.25) is 0 Å². The van der Waals surface area contributed by atoms with Gasteiger partial charge in [0, 0.05) is 5.22 Å². The summed E-state index contributed by atoms with van der Waals surface area (Å²) in [7, 11) is 0. The first-order chi connectivity index (χ1) is 5.97. The molecule has 0 atom stereocenters. The Hall–Kier alpha value is -1.57. The smallest absolute Gasteiger partial charge is 0.0995 e. The first kappa shape index (κ1) is 7.10. The molecule has 0 spiro atoms. The second-order valence-electron chi connectivity index (χ2n) is 2.53. The van der Waals surface area contributed by atoms with Crippen LogP contribution in [-0.2, 0) is 4.74 Å². The Morgan fingerprint density at radius 2 is 2.17 bits per heavy atom. The maximum Gasteiger partial charge on any atom is 0.0995 e. The van der Waals surface area contributed by atoms with Crippen molar-refractivity contribution < 1.29 is 4.74 Å². The zero-order valence-corrected chi connectivity index (χ0v) is 6.60. The molecule has 0 aliphatic carbocycles. The van der Waals surface area contributed by atoms with Gasteiger partial charge in [-0.15, -0.1) is 0 Å². The van der Waals surface area contributed by atoms with E-state index in [0.717, 1.165) is 10.6 Å². The predicted octanol–water partition coefficient (Wildman–Crippen LogP) is 0.588. The van der Waals surface area contributed by atoms with E-state index in [-0.39, 0.29) is 0 Å². The molecule has 1 aromatic carbocycles. The molecule has 0 aromatic heterocycles. The molecule has 0 unspecified atom stereocenters. The predicted molar refractivity (Wildman–Crippen MR) is 46.8 cm³/mol. The lowest BCUT2D eigenvalue weighted by Crippen LogP contribution is -2.25. The Morgan fingerprint density at radius 3 is 3.17 bits per heavy atom. The maximum absolute atomic E-state index is 5.14. The molecule has 0 radical (unpaired) electrons. The lowest BCUT2D eigenvalue weighted by Gasteiger charge is -1.95. The van der Waals surface area contributed by atoms with Crippen molar-refractivity contribution in [2.45, 2.75) is 0 Å². The summed E-state index contributed by atoms with van der Waals surface area (Å²) in [5, 5.41) is 2.02. The molecular weight excluding hydrogens is 150 g/mol. The normalized spacial score (nSPS) is 19.8. The summed E-state index contributed by atoms with van der Waals surface area (Å²) >= 11 is 0. The molecular formula is C10H9NO. The second-order valence-corrected chi connectivity index (χ2v) is 2.53. The number of nitrogens with zero attached hydrogens (tertiary/aromatic N) is 1. The molecule has 1 heterocycles. The van der Waals surface area contributed by atoms with E-state index in [0.29, 0.717) is 6.54 Å². The van der Waals surface area contributed by atoms with Crippen molar-refractivity contribution in [3.05, 3.63) is 47.2 Å². The van der Waals surface area contributed by atoms with Gasteiger partial charge in [0.05, 0.1) is 24.4 Å². The fourth-order valence-electron chi connectivity index (χ4n) is 1.09. The van der Waals surface area contributed by atoms with Gasteiger partial charge < -0.3 is 4.74 Å². The third kappa shape index (κ3) is 1.37. The Balaban J connectivity index is 2.66. The van der Waals surface area contributed by atoms with Crippen molar-refractivity contribution >= 4 is 6.26 Å². The Kier molecular flexibility index (Phi) is 1.90. The largest absolute Gasteiger partial charge is 0.472 e. The van der Waals surface area contributed by atoms with Crippen LogP contribution in [0.5, 0.6) is 0 Å².